The van der Waals surface area contributed by atoms with Gasteiger partial charge in [-0.15, -0.1) is 0 Å². The van der Waals surface area contributed by atoms with Gasteiger partial charge >= 0.3 is 11.9 Å². The van der Waals surface area contributed by atoms with Crippen molar-refractivity contribution >= 4 is 11.9 Å². The Kier molecular flexibility index (Phi) is 2.12. The molecular weight excluding hydrogens is 186 g/mol. The summed E-state index contributed by atoms with van der Waals surface area (Å²) < 4.78 is 5.04. The number of aromatic nitrogens is 1. The van der Waals surface area contributed by atoms with Crippen molar-refractivity contribution in [3.63, 3.8) is 0 Å². The number of nitrogens with zero attached hydrogens (tertiary/aromatic N) is 2. The first kappa shape index (κ1) is 9.01. The van der Waals surface area contributed by atoms with Crippen LogP contribution in [-0.2, 0) is 0 Å². The van der Waals surface area contributed by atoms with E-state index in [1.807, 2.05) is 4.90 Å². The first-order valence-electron chi connectivity index (χ1n) is 4.36. The molecule has 1 aliphatic rings. The van der Waals surface area contributed by atoms with Crippen LogP contribution in [0.25, 0.3) is 0 Å². The van der Waals surface area contributed by atoms with E-state index in [1.165, 1.54) is 6.20 Å². The molecular formula is C8H11N3O3. The number of hydrogen-bond donors (Lipinski definition) is 2. The molecule has 1 saturated heterocycles. The molecule has 2 heterocycles. The van der Waals surface area contributed by atoms with E-state index in [0.717, 1.165) is 13.0 Å². The first-order valence-corrected chi connectivity index (χ1v) is 4.36. The quantitative estimate of drug-likeness (QED) is 0.688. The molecule has 3 N–H and O–H groups in total. The summed E-state index contributed by atoms with van der Waals surface area (Å²) in [5.74, 6) is -0.949. The molecule has 1 fully saturated rings. The summed E-state index contributed by atoms with van der Waals surface area (Å²) >= 11 is 0. The smallest absolute Gasteiger partial charge is 0.392 e. The van der Waals surface area contributed by atoms with Crippen LogP contribution in [0.3, 0.4) is 0 Å². The zero-order chi connectivity index (χ0) is 10.1. The molecule has 1 unspecified atom stereocenters. The molecule has 2 rings (SSSR count). The Labute approximate surface area is 80.3 Å². The largest absolute Gasteiger partial charge is 0.474 e. The highest BCUT2D eigenvalue weighted by molar-refractivity contribution is 5.82. The van der Waals surface area contributed by atoms with E-state index in [2.05, 4.69) is 4.98 Å². The average molecular weight is 197 g/mol. The van der Waals surface area contributed by atoms with Crippen molar-refractivity contribution in [1.29, 1.82) is 0 Å². The molecule has 14 heavy (non-hydrogen) atoms. The molecule has 0 spiro atoms. The van der Waals surface area contributed by atoms with Gasteiger partial charge < -0.3 is 20.2 Å². The molecule has 1 aromatic heterocycles. The van der Waals surface area contributed by atoms with Gasteiger partial charge in [0.2, 0.25) is 5.88 Å². The molecule has 76 valence electrons. The fourth-order valence-electron chi connectivity index (χ4n) is 1.50. The van der Waals surface area contributed by atoms with Gasteiger partial charge in [-0.25, -0.2) is 9.78 Å². The van der Waals surface area contributed by atoms with E-state index in [1.54, 1.807) is 0 Å². The van der Waals surface area contributed by atoms with Gasteiger partial charge in [-0.2, -0.15) is 0 Å². The Morgan fingerprint density at radius 3 is 3.07 bits per heavy atom. The van der Waals surface area contributed by atoms with Gasteiger partial charge in [0.1, 0.15) is 0 Å². The SMILES string of the molecule is NC1CCN(c2cnc(C(=O)O)o2)C1. The van der Waals surface area contributed by atoms with Crippen LogP contribution < -0.4 is 10.6 Å². The molecule has 1 aromatic rings. The van der Waals surface area contributed by atoms with Crippen molar-refractivity contribution in [3.05, 3.63) is 12.1 Å². The maximum absolute atomic E-state index is 10.5. The van der Waals surface area contributed by atoms with Crippen LogP contribution in [0.4, 0.5) is 5.88 Å². The second-order valence-electron chi connectivity index (χ2n) is 3.30. The Hall–Kier alpha value is -1.56. The lowest BCUT2D eigenvalue weighted by atomic mass is 10.3. The molecule has 1 aliphatic heterocycles. The predicted octanol–water partition coefficient (Wildman–Crippen LogP) is -0.0898. The second kappa shape index (κ2) is 3.30. The molecule has 1 atom stereocenters. The number of rotatable bonds is 2. The fourth-order valence-corrected chi connectivity index (χ4v) is 1.50. The molecule has 0 bridgehead atoms. The third kappa shape index (κ3) is 1.56. The van der Waals surface area contributed by atoms with Gasteiger partial charge in [0, 0.05) is 19.1 Å². The number of carbonyl (C=O) groups is 1. The van der Waals surface area contributed by atoms with E-state index >= 15 is 0 Å². The molecule has 0 aromatic carbocycles. The Bertz CT molecular complexity index is 349. The zero-order valence-electron chi connectivity index (χ0n) is 7.51. The van der Waals surface area contributed by atoms with E-state index in [0.29, 0.717) is 12.4 Å². The van der Waals surface area contributed by atoms with Crippen LogP contribution in [0.15, 0.2) is 10.6 Å². The number of aromatic carboxylic acids is 1. The van der Waals surface area contributed by atoms with E-state index < -0.39 is 5.97 Å². The maximum atomic E-state index is 10.5. The van der Waals surface area contributed by atoms with Crippen molar-refractivity contribution < 1.29 is 14.3 Å². The number of carboxylic acids is 1. The normalized spacial score (nSPS) is 21.5. The van der Waals surface area contributed by atoms with Crippen molar-refractivity contribution in [2.75, 3.05) is 18.0 Å². The van der Waals surface area contributed by atoms with Crippen LogP contribution >= 0.6 is 0 Å². The second-order valence-corrected chi connectivity index (χ2v) is 3.30. The molecule has 0 aliphatic carbocycles. The molecule has 0 radical (unpaired) electrons. The monoisotopic (exact) mass is 197 g/mol. The molecule has 0 saturated carbocycles. The summed E-state index contributed by atoms with van der Waals surface area (Å²) in [5.41, 5.74) is 5.71. The van der Waals surface area contributed by atoms with Gasteiger partial charge in [-0.3, -0.25) is 0 Å². The first-order chi connectivity index (χ1) is 6.66. The van der Waals surface area contributed by atoms with Crippen molar-refractivity contribution in [2.24, 2.45) is 5.73 Å². The lowest BCUT2D eigenvalue weighted by Gasteiger charge is -2.12. The summed E-state index contributed by atoms with van der Waals surface area (Å²) in [7, 11) is 0. The van der Waals surface area contributed by atoms with Crippen molar-refractivity contribution in [2.45, 2.75) is 12.5 Å². The van der Waals surface area contributed by atoms with Gasteiger partial charge in [-0.1, -0.05) is 0 Å². The third-order valence-corrected chi connectivity index (χ3v) is 2.21. The minimum absolute atomic E-state index is 0.133. The summed E-state index contributed by atoms with van der Waals surface area (Å²) in [6.45, 7) is 1.48. The number of carboxylic acid groups (broad SMARTS) is 1. The van der Waals surface area contributed by atoms with Crippen LogP contribution in [0.2, 0.25) is 0 Å². The van der Waals surface area contributed by atoms with Crippen LogP contribution in [0.1, 0.15) is 17.1 Å². The number of hydrogen-bond acceptors (Lipinski definition) is 5. The molecule has 6 heteroatoms. The van der Waals surface area contributed by atoms with Gasteiger partial charge in [0.15, 0.2) is 0 Å². The van der Waals surface area contributed by atoms with Gasteiger partial charge in [-0.05, 0) is 6.42 Å². The lowest BCUT2D eigenvalue weighted by Crippen LogP contribution is -2.25. The minimum atomic E-state index is -1.15. The van der Waals surface area contributed by atoms with E-state index in [9.17, 15) is 4.79 Å². The lowest BCUT2D eigenvalue weighted by molar-refractivity contribution is 0.0654. The summed E-state index contributed by atoms with van der Waals surface area (Å²) in [6, 6.07) is 0.133. The predicted molar refractivity (Wildman–Crippen MR) is 48.3 cm³/mol. The van der Waals surface area contributed by atoms with Gasteiger partial charge in [0.05, 0.1) is 6.20 Å². The number of anilines is 1. The summed E-state index contributed by atoms with van der Waals surface area (Å²) in [5, 5.41) is 8.59. The topological polar surface area (TPSA) is 92.6 Å². The van der Waals surface area contributed by atoms with Crippen LogP contribution in [-0.4, -0.2) is 35.2 Å². The van der Waals surface area contributed by atoms with Crippen LogP contribution in [0.5, 0.6) is 0 Å². The molecule has 6 nitrogen and oxygen atoms in total. The highest BCUT2D eigenvalue weighted by Gasteiger charge is 2.23. The van der Waals surface area contributed by atoms with Crippen molar-refractivity contribution in [1.82, 2.24) is 4.98 Å². The third-order valence-electron chi connectivity index (χ3n) is 2.21. The highest BCUT2D eigenvalue weighted by atomic mass is 16.4. The highest BCUT2D eigenvalue weighted by Crippen LogP contribution is 2.20. The Morgan fingerprint density at radius 1 is 1.79 bits per heavy atom. The van der Waals surface area contributed by atoms with Crippen LogP contribution in [0, 0.1) is 0 Å². The minimum Gasteiger partial charge on any atom is -0.474 e. The van der Waals surface area contributed by atoms with E-state index in [-0.39, 0.29) is 11.9 Å². The fraction of sp³-hybridized carbons (Fsp3) is 0.500. The number of oxazole rings is 1. The standard InChI is InChI=1S/C8H11N3O3/c9-5-1-2-11(4-5)6-3-10-7(14-6)8(12)13/h3,5H,1-2,4,9H2,(H,12,13). The van der Waals surface area contributed by atoms with E-state index in [4.69, 9.17) is 15.3 Å². The summed E-state index contributed by atoms with van der Waals surface area (Å²) in [6.07, 6.45) is 2.31. The molecule has 0 amide bonds. The maximum Gasteiger partial charge on any atom is 0.392 e. The summed E-state index contributed by atoms with van der Waals surface area (Å²) in [4.78, 5) is 16.0. The van der Waals surface area contributed by atoms with Crippen molar-refractivity contribution in [3.8, 4) is 0 Å². The number of nitrogens with two attached hydrogens (primary N) is 1. The Morgan fingerprint density at radius 2 is 2.57 bits per heavy atom. The Balaban J connectivity index is 2.13. The van der Waals surface area contributed by atoms with Gasteiger partial charge in [0.25, 0.3) is 0 Å². The zero-order valence-corrected chi connectivity index (χ0v) is 7.51. The average Bonchev–Trinajstić information content (AvgIpc) is 2.70.